The van der Waals surface area contributed by atoms with Crippen LogP contribution in [0.25, 0.3) is 10.2 Å². The third-order valence-corrected chi connectivity index (χ3v) is 9.29. The predicted octanol–water partition coefficient (Wildman–Crippen LogP) is 5.60. The number of piperidine rings is 1. The molecule has 3 N–H and O–H groups in total. The van der Waals surface area contributed by atoms with Gasteiger partial charge in [0, 0.05) is 24.5 Å². The minimum atomic E-state index is -3.57. The molecule has 0 unspecified atom stereocenters. The molecule has 0 amide bonds. The second kappa shape index (κ2) is 11.5. The molecule has 3 heterocycles. The number of hydrogen-bond donors (Lipinski definition) is 3. The molecule has 1 saturated heterocycles. The van der Waals surface area contributed by atoms with Crippen LogP contribution in [0, 0.1) is 0 Å². The van der Waals surface area contributed by atoms with E-state index in [1.807, 2.05) is 48.7 Å². The number of fused-ring (bicyclic) bond motifs is 1. The SMILES string of the molecule is C=C(/C(=C\C=C/C)Nc1nc(Nc2ccc(N3CCC(O)CC3)cc2)nc2ccsc12)S(=O)(=O)C(C)C. The van der Waals surface area contributed by atoms with E-state index in [0.717, 1.165) is 47.5 Å². The number of nitrogens with zero attached hydrogens (tertiary/aromatic N) is 3. The maximum absolute atomic E-state index is 12.8. The van der Waals surface area contributed by atoms with Gasteiger partial charge in [-0.1, -0.05) is 18.7 Å². The standard InChI is InChI=1S/C27H33N5O3S2/c1-5-6-7-23(19(4)37(34,35)18(2)3)29-26-25-24(14-17-36-25)30-27(31-26)28-20-8-10-21(11-9-20)32-15-12-22(33)13-16-32/h5-11,14,17-18,22,33H,4,12-13,15-16H2,1-3H3,(H2,28,29,30,31)/b6-5-,23-7+. The molecule has 4 rings (SSSR count). The number of anilines is 4. The maximum Gasteiger partial charge on any atom is 0.229 e. The molecule has 8 nitrogen and oxygen atoms in total. The van der Waals surface area contributed by atoms with Crippen LogP contribution in [-0.2, 0) is 9.84 Å². The van der Waals surface area contributed by atoms with E-state index in [1.54, 1.807) is 26.0 Å². The van der Waals surface area contributed by atoms with Gasteiger partial charge in [0.15, 0.2) is 15.7 Å². The van der Waals surface area contributed by atoms with Gasteiger partial charge in [-0.05, 0) is 75.4 Å². The lowest BCUT2D eigenvalue weighted by Crippen LogP contribution is -2.35. The van der Waals surface area contributed by atoms with Gasteiger partial charge in [0.2, 0.25) is 5.95 Å². The summed E-state index contributed by atoms with van der Waals surface area (Å²) in [6.45, 7) is 10.7. The molecular weight excluding hydrogens is 506 g/mol. The minimum absolute atomic E-state index is 0.0132. The number of rotatable bonds is 9. The molecule has 37 heavy (non-hydrogen) atoms. The summed E-state index contributed by atoms with van der Waals surface area (Å²) in [5, 5.41) is 17.6. The Morgan fingerprint density at radius 2 is 1.89 bits per heavy atom. The number of thiophene rings is 1. The van der Waals surface area contributed by atoms with Gasteiger partial charge in [-0.25, -0.2) is 13.4 Å². The van der Waals surface area contributed by atoms with Gasteiger partial charge < -0.3 is 20.6 Å². The highest BCUT2D eigenvalue weighted by atomic mass is 32.2. The van der Waals surface area contributed by atoms with Crippen LogP contribution in [0.5, 0.6) is 0 Å². The zero-order chi connectivity index (χ0) is 26.6. The smallest absolute Gasteiger partial charge is 0.229 e. The van der Waals surface area contributed by atoms with Crippen LogP contribution in [0.3, 0.4) is 0 Å². The van der Waals surface area contributed by atoms with Crippen LogP contribution in [0.1, 0.15) is 33.6 Å². The van der Waals surface area contributed by atoms with Crippen LogP contribution >= 0.6 is 11.3 Å². The normalized spacial score (nSPS) is 15.6. The molecule has 196 valence electrons. The topological polar surface area (TPSA) is 107 Å². The van der Waals surface area contributed by atoms with Crippen LogP contribution in [-0.4, -0.2) is 47.9 Å². The Labute approximate surface area is 222 Å². The molecule has 1 aliphatic heterocycles. The van der Waals surface area contributed by atoms with E-state index in [1.165, 1.54) is 11.3 Å². The summed E-state index contributed by atoms with van der Waals surface area (Å²) < 4.78 is 26.5. The molecule has 0 atom stereocenters. The second-order valence-corrected chi connectivity index (χ2v) is 12.6. The van der Waals surface area contributed by atoms with Gasteiger partial charge in [0.05, 0.1) is 32.2 Å². The average Bonchev–Trinajstić information content (AvgIpc) is 3.36. The first kappa shape index (κ1) is 26.8. The first-order chi connectivity index (χ1) is 17.7. The van der Waals surface area contributed by atoms with Crippen molar-refractivity contribution in [1.82, 2.24) is 9.97 Å². The van der Waals surface area contributed by atoms with Gasteiger partial charge in [-0.2, -0.15) is 4.98 Å². The Bertz CT molecular complexity index is 1420. The van der Waals surface area contributed by atoms with Crippen molar-refractivity contribution in [3.05, 3.63) is 71.1 Å². The van der Waals surface area contributed by atoms with Crippen LogP contribution in [0.4, 0.5) is 23.1 Å². The third kappa shape index (κ3) is 6.20. The number of benzene rings is 1. The first-order valence-corrected chi connectivity index (χ1v) is 14.7. The highest BCUT2D eigenvalue weighted by molar-refractivity contribution is 7.96. The Kier molecular flexibility index (Phi) is 8.31. The average molecular weight is 540 g/mol. The summed E-state index contributed by atoms with van der Waals surface area (Å²) in [6, 6.07) is 9.94. The summed E-state index contributed by atoms with van der Waals surface area (Å²) in [5.74, 6) is 0.895. The highest BCUT2D eigenvalue weighted by Gasteiger charge is 2.24. The zero-order valence-corrected chi connectivity index (χ0v) is 22.9. The summed E-state index contributed by atoms with van der Waals surface area (Å²) in [4.78, 5) is 11.6. The van der Waals surface area contributed by atoms with Crippen LogP contribution in [0.15, 0.2) is 71.1 Å². The van der Waals surface area contributed by atoms with Gasteiger partial charge >= 0.3 is 0 Å². The lowest BCUT2D eigenvalue weighted by Gasteiger charge is -2.31. The Morgan fingerprint density at radius 1 is 1.19 bits per heavy atom. The summed E-state index contributed by atoms with van der Waals surface area (Å²) in [7, 11) is -3.57. The fraction of sp³-hybridized carbons (Fsp3) is 0.333. The fourth-order valence-corrected chi connectivity index (χ4v) is 5.75. The van der Waals surface area contributed by atoms with Crippen molar-refractivity contribution in [2.75, 3.05) is 28.6 Å². The molecule has 3 aromatic rings. The number of aromatic nitrogens is 2. The molecule has 0 aliphatic carbocycles. The predicted molar refractivity (Wildman–Crippen MR) is 154 cm³/mol. The van der Waals surface area contributed by atoms with Crippen molar-refractivity contribution in [3.63, 3.8) is 0 Å². The van der Waals surface area contributed by atoms with E-state index in [2.05, 4.69) is 32.1 Å². The number of aliphatic hydroxyl groups is 1. The van der Waals surface area contributed by atoms with E-state index in [-0.39, 0.29) is 11.0 Å². The third-order valence-electron chi connectivity index (χ3n) is 6.23. The molecule has 1 fully saturated rings. The monoisotopic (exact) mass is 539 g/mol. The van der Waals surface area contributed by atoms with Crippen molar-refractivity contribution in [2.45, 2.75) is 45.0 Å². The van der Waals surface area contributed by atoms with Gasteiger partial charge in [-0.3, -0.25) is 0 Å². The molecule has 0 radical (unpaired) electrons. The van der Waals surface area contributed by atoms with E-state index >= 15 is 0 Å². The van der Waals surface area contributed by atoms with Crippen molar-refractivity contribution >= 4 is 54.5 Å². The van der Waals surface area contributed by atoms with E-state index in [0.29, 0.717) is 17.5 Å². The molecule has 0 bridgehead atoms. The quantitative estimate of drug-likeness (QED) is 0.302. The number of hydrogen-bond acceptors (Lipinski definition) is 9. The number of allylic oxidation sites excluding steroid dienone is 3. The number of nitrogens with one attached hydrogen (secondary N) is 2. The highest BCUT2D eigenvalue weighted by Crippen LogP contribution is 2.31. The minimum Gasteiger partial charge on any atom is -0.393 e. The maximum atomic E-state index is 12.8. The molecular formula is C27H33N5O3S2. The van der Waals surface area contributed by atoms with Gasteiger partial charge in [0.25, 0.3) is 0 Å². The fourth-order valence-electron chi connectivity index (χ4n) is 3.97. The van der Waals surface area contributed by atoms with Crippen molar-refractivity contribution in [1.29, 1.82) is 0 Å². The summed E-state index contributed by atoms with van der Waals surface area (Å²) >= 11 is 1.48. The van der Waals surface area contributed by atoms with Crippen molar-refractivity contribution in [2.24, 2.45) is 0 Å². The van der Waals surface area contributed by atoms with Crippen molar-refractivity contribution in [3.8, 4) is 0 Å². The zero-order valence-electron chi connectivity index (χ0n) is 21.3. The van der Waals surface area contributed by atoms with E-state index in [9.17, 15) is 13.5 Å². The van der Waals surface area contributed by atoms with E-state index < -0.39 is 15.1 Å². The van der Waals surface area contributed by atoms with Crippen molar-refractivity contribution < 1.29 is 13.5 Å². The molecule has 0 saturated carbocycles. The molecule has 0 spiro atoms. The second-order valence-electron chi connectivity index (χ2n) is 9.17. The number of aliphatic hydroxyl groups excluding tert-OH is 1. The molecule has 2 aromatic heterocycles. The first-order valence-electron chi connectivity index (χ1n) is 12.3. The van der Waals surface area contributed by atoms with Gasteiger partial charge in [0.1, 0.15) is 0 Å². The lowest BCUT2D eigenvalue weighted by atomic mass is 10.1. The van der Waals surface area contributed by atoms with Crippen LogP contribution < -0.4 is 15.5 Å². The Morgan fingerprint density at radius 3 is 2.54 bits per heavy atom. The summed E-state index contributed by atoms with van der Waals surface area (Å²) in [5.41, 5.74) is 3.05. The molecule has 1 aromatic carbocycles. The Balaban J connectivity index is 1.60. The van der Waals surface area contributed by atoms with Crippen LogP contribution in [0.2, 0.25) is 0 Å². The molecule has 1 aliphatic rings. The largest absolute Gasteiger partial charge is 0.393 e. The molecule has 10 heteroatoms. The number of sulfone groups is 1. The Hall–Kier alpha value is -3.21. The lowest BCUT2D eigenvalue weighted by molar-refractivity contribution is 0.145. The van der Waals surface area contributed by atoms with Gasteiger partial charge in [-0.15, -0.1) is 11.3 Å². The summed E-state index contributed by atoms with van der Waals surface area (Å²) in [6.07, 6.45) is 6.62. The van der Waals surface area contributed by atoms with E-state index in [4.69, 9.17) is 0 Å².